The van der Waals surface area contributed by atoms with E-state index in [0.29, 0.717) is 5.69 Å². The second kappa shape index (κ2) is 8.17. The van der Waals surface area contributed by atoms with Crippen LogP contribution in [0.15, 0.2) is 0 Å². The van der Waals surface area contributed by atoms with Crippen molar-refractivity contribution in [3.8, 4) is 0 Å². The molecule has 4 nitrogen and oxygen atoms in total. The Labute approximate surface area is 91.5 Å². The quantitative estimate of drug-likeness (QED) is 0.727. The van der Waals surface area contributed by atoms with Crippen LogP contribution in [-0.2, 0) is 12.8 Å². The van der Waals surface area contributed by atoms with Gasteiger partial charge in [0.05, 0.1) is 0 Å². The number of carbonyl (C=O) groups excluding carboxylic acids is 1. The average molecular weight is 211 g/mol. The van der Waals surface area contributed by atoms with Crippen molar-refractivity contribution < 1.29 is 4.79 Å². The lowest BCUT2D eigenvalue weighted by atomic mass is 10.1. The molecule has 1 rings (SSSR count). The summed E-state index contributed by atoms with van der Waals surface area (Å²) < 4.78 is 0. The van der Waals surface area contributed by atoms with Crippen LogP contribution in [0, 0.1) is 0 Å². The molecule has 0 fully saturated rings. The van der Waals surface area contributed by atoms with Crippen LogP contribution in [0.2, 0.25) is 0 Å². The molecular weight excluding hydrogens is 190 g/mol. The molecule has 0 aliphatic rings. The van der Waals surface area contributed by atoms with Crippen LogP contribution in [0.3, 0.4) is 0 Å². The van der Waals surface area contributed by atoms with Gasteiger partial charge in [-0.2, -0.15) is 5.10 Å². The van der Waals surface area contributed by atoms with Gasteiger partial charge in [-0.15, -0.1) is 0 Å². The molecule has 0 aromatic carbocycles. The van der Waals surface area contributed by atoms with Gasteiger partial charge >= 0.3 is 0 Å². The van der Waals surface area contributed by atoms with Gasteiger partial charge in [-0.1, -0.05) is 20.8 Å². The summed E-state index contributed by atoms with van der Waals surface area (Å²) in [5, 5.41) is 9.86. The molecule has 86 valence electrons. The Morgan fingerprint density at radius 3 is 2.60 bits per heavy atom. The summed E-state index contributed by atoms with van der Waals surface area (Å²) in [4.78, 5) is 10.6. The Balaban J connectivity index is 0.000000921. The van der Waals surface area contributed by atoms with Crippen molar-refractivity contribution in [3.05, 3.63) is 17.0 Å². The van der Waals surface area contributed by atoms with Crippen LogP contribution in [0.25, 0.3) is 0 Å². The van der Waals surface area contributed by atoms with Gasteiger partial charge in [0.25, 0.3) is 0 Å². The molecule has 0 saturated carbocycles. The molecule has 0 radical (unpaired) electrons. The van der Waals surface area contributed by atoms with Crippen molar-refractivity contribution >= 4 is 6.29 Å². The van der Waals surface area contributed by atoms with Crippen LogP contribution in [0.1, 0.15) is 42.5 Å². The highest BCUT2D eigenvalue weighted by Crippen LogP contribution is 2.10. The predicted octanol–water partition coefficient (Wildman–Crippen LogP) is 1.57. The number of aldehydes is 1. The van der Waals surface area contributed by atoms with E-state index in [9.17, 15) is 4.79 Å². The van der Waals surface area contributed by atoms with Gasteiger partial charge in [-0.05, 0) is 26.4 Å². The first-order chi connectivity index (χ1) is 7.33. The van der Waals surface area contributed by atoms with Gasteiger partial charge in [-0.25, -0.2) is 0 Å². The summed E-state index contributed by atoms with van der Waals surface area (Å²) in [6.45, 7) is 6.92. The summed E-state index contributed by atoms with van der Waals surface area (Å²) >= 11 is 0. The van der Waals surface area contributed by atoms with E-state index in [2.05, 4.69) is 15.5 Å². The highest BCUT2D eigenvalue weighted by atomic mass is 16.1. The number of aromatic nitrogens is 2. The van der Waals surface area contributed by atoms with Crippen LogP contribution in [-0.4, -0.2) is 30.1 Å². The van der Waals surface area contributed by atoms with E-state index in [4.69, 9.17) is 0 Å². The Morgan fingerprint density at radius 1 is 1.47 bits per heavy atom. The number of nitrogens with one attached hydrogen (secondary N) is 2. The Bertz CT molecular complexity index is 281. The van der Waals surface area contributed by atoms with E-state index in [1.807, 2.05) is 27.8 Å². The number of H-pyrrole nitrogens is 1. The Kier molecular flexibility index (Phi) is 7.54. The molecule has 15 heavy (non-hydrogen) atoms. The van der Waals surface area contributed by atoms with Crippen molar-refractivity contribution in [1.29, 1.82) is 0 Å². The van der Waals surface area contributed by atoms with Crippen LogP contribution >= 0.6 is 0 Å². The molecule has 0 spiro atoms. The highest BCUT2D eigenvalue weighted by molar-refractivity contribution is 5.74. The third kappa shape index (κ3) is 3.83. The Morgan fingerprint density at radius 2 is 2.13 bits per heavy atom. The van der Waals surface area contributed by atoms with Crippen molar-refractivity contribution in [2.75, 3.05) is 13.6 Å². The summed E-state index contributed by atoms with van der Waals surface area (Å²) in [7, 11) is 1.90. The standard InChI is InChI=1S/C9H15N3O.C2H6/c1-3-8-7(4-5-10-2)9(6-13)12-11-8;1-2/h6,10H,3-5H2,1-2H3,(H,11,12);1-2H3. The van der Waals surface area contributed by atoms with E-state index in [1.54, 1.807) is 0 Å². The van der Waals surface area contributed by atoms with Gasteiger partial charge in [0, 0.05) is 11.3 Å². The monoisotopic (exact) mass is 211 g/mol. The maximum absolute atomic E-state index is 10.6. The minimum absolute atomic E-state index is 0.548. The topological polar surface area (TPSA) is 57.8 Å². The van der Waals surface area contributed by atoms with E-state index in [1.165, 1.54) is 0 Å². The number of aromatic amines is 1. The molecule has 0 atom stereocenters. The zero-order valence-electron chi connectivity index (χ0n) is 10.1. The molecule has 1 heterocycles. The first-order valence-corrected chi connectivity index (χ1v) is 5.49. The minimum Gasteiger partial charge on any atom is -0.319 e. The normalized spacial score (nSPS) is 9.33. The number of rotatable bonds is 5. The maximum atomic E-state index is 10.6. The number of likely N-dealkylation sites (N-methyl/N-ethyl adjacent to an activating group) is 1. The molecule has 0 saturated heterocycles. The smallest absolute Gasteiger partial charge is 0.170 e. The molecular formula is C11H21N3O. The maximum Gasteiger partial charge on any atom is 0.170 e. The zero-order chi connectivity index (χ0) is 11.7. The molecule has 0 unspecified atom stereocenters. The van der Waals surface area contributed by atoms with Crippen molar-refractivity contribution in [2.24, 2.45) is 0 Å². The van der Waals surface area contributed by atoms with E-state index in [-0.39, 0.29) is 0 Å². The third-order valence-electron chi connectivity index (χ3n) is 2.07. The fraction of sp³-hybridized carbons (Fsp3) is 0.636. The summed E-state index contributed by atoms with van der Waals surface area (Å²) in [6, 6.07) is 0. The minimum atomic E-state index is 0.548. The average Bonchev–Trinajstić information content (AvgIpc) is 2.70. The molecule has 0 amide bonds. The second-order valence-electron chi connectivity index (χ2n) is 2.89. The van der Waals surface area contributed by atoms with Gasteiger partial charge in [0.2, 0.25) is 0 Å². The molecule has 0 aliphatic heterocycles. The fourth-order valence-corrected chi connectivity index (χ4v) is 1.34. The van der Waals surface area contributed by atoms with Crippen LogP contribution in [0.4, 0.5) is 0 Å². The summed E-state index contributed by atoms with van der Waals surface area (Å²) in [5.41, 5.74) is 2.66. The second-order valence-corrected chi connectivity index (χ2v) is 2.89. The largest absolute Gasteiger partial charge is 0.319 e. The summed E-state index contributed by atoms with van der Waals surface area (Å²) in [6.07, 6.45) is 2.55. The Hall–Kier alpha value is -1.16. The molecule has 0 bridgehead atoms. The number of nitrogens with zero attached hydrogens (tertiary/aromatic N) is 1. The third-order valence-corrected chi connectivity index (χ3v) is 2.07. The van der Waals surface area contributed by atoms with Gasteiger partial charge in [0.1, 0.15) is 5.69 Å². The number of hydrogen-bond acceptors (Lipinski definition) is 3. The lowest BCUT2D eigenvalue weighted by Crippen LogP contribution is -2.11. The first-order valence-electron chi connectivity index (χ1n) is 5.49. The molecule has 1 aromatic heterocycles. The van der Waals surface area contributed by atoms with E-state index >= 15 is 0 Å². The molecule has 0 aliphatic carbocycles. The number of hydrogen-bond donors (Lipinski definition) is 2. The molecule has 2 N–H and O–H groups in total. The van der Waals surface area contributed by atoms with Gasteiger partial charge in [0.15, 0.2) is 6.29 Å². The zero-order valence-corrected chi connectivity index (χ0v) is 10.1. The first kappa shape index (κ1) is 13.8. The van der Waals surface area contributed by atoms with Crippen LogP contribution < -0.4 is 5.32 Å². The number of aryl methyl sites for hydroxylation is 1. The lowest BCUT2D eigenvalue weighted by molar-refractivity contribution is 0.111. The van der Waals surface area contributed by atoms with Crippen molar-refractivity contribution in [1.82, 2.24) is 15.5 Å². The van der Waals surface area contributed by atoms with E-state index < -0.39 is 0 Å². The molecule has 4 heteroatoms. The fourth-order valence-electron chi connectivity index (χ4n) is 1.34. The molecule has 1 aromatic rings. The van der Waals surface area contributed by atoms with Gasteiger partial charge in [-0.3, -0.25) is 9.89 Å². The highest BCUT2D eigenvalue weighted by Gasteiger charge is 2.09. The summed E-state index contributed by atoms with van der Waals surface area (Å²) in [5.74, 6) is 0. The van der Waals surface area contributed by atoms with Crippen molar-refractivity contribution in [3.63, 3.8) is 0 Å². The van der Waals surface area contributed by atoms with E-state index in [0.717, 1.165) is 36.9 Å². The lowest BCUT2D eigenvalue weighted by Gasteiger charge is -2.00. The number of carbonyl (C=O) groups is 1. The predicted molar refractivity (Wildman–Crippen MR) is 62.3 cm³/mol. The van der Waals surface area contributed by atoms with Gasteiger partial charge < -0.3 is 5.32 Å². The van der Waals surface area contributed by atoms with Crippen molar-refractivity contribution in [2.45, 2.75) is 33.6 Å². The SMILES string of the molecule is CC.CCc1[nH]nc(C=O)c1CCNC. The van der Waals surface area contributed by atoms with Crippen LogP contribution in [0.5, 0.6) is 0 Å².